The maximum absolute atomic E-state index is 5.92. The number of nitrogens with zero attached hydrogens (tertiary/aromatic N) is 1. The lowest BCUT2D eigenvalue weighted by Gasteiger charge is -2.20. The van der Waals surface area contributed by atoms with Crippen molar-refractivity contribution in [2.24, 2.45) is 5.73 Å². The first kappa shape index (κ1) is 14.0. The summed E-state index contributed by atoms with van der Waals surface area (Å²) < 4.78 is 5.40. The number of rotatable bonds is 6. The lowest BCUT2D eigenvalue weighted by molar-refractivity contribution is 0.289. The second-order valence-electron chi connectivity index (χ2n) is 4.32. The van der Waals surface area contributed by atoms with Gasteiger partial charge < -0.3 is 10.5 Å². The zero-order valence-electron chi connectivity index (χ0n) is 11.4. The largest absolute Gasteiger partial charge is 0.496 e. The Morgan fingerprint density at radius 1 is 1.29 bits per heavy atom. The molecule has 1 aromatic rings. The molecule has 1 rings (SSSR count). The van der Waals surface area contributed by atoms with E-state index in [1.54, 1.807) is 7.11 Å². The molecular formula is C14H24N2O. The van der Waals surface area contributed by atoms with Crippen molar-refractivity contribution in [2.45, 2.75) is 33.4 Å². The van der Waals surface area contributed by atoms with Gasteiger partial charge in [0.2, 0.25) is 0 Å². The van der Waals surface area contributed by atoms with E-state index in [0.29, 0.717) is 0 Å². The second kappa shape index (κ2) is 6.62. The van der Waals surface area contributed by atoms with E-state index in [4.69, 9.17) is 10.5 Å². The van der Waals surface area contributed by atoms with E-state index in [2.05, 4.69) is 24.8 Å². The molecule has 17 heavy (non-hydrogen) atoms. The molecule has 0 bridgehead atoms. The van der Waals surface area contributed by atoms with E-state index < -0.39 is 0 Å². The Morgan fingerprint density at radius 3 is 2.41 bits per heavy atom. The number of hydrogen-bond acceptors (Lipinski definition) is 3. The van der Waals surface area contributed by atoms with Crippen molar-refractivity contribution < 1.29 is 4.74 Å². The minimum atomic E-state index is 0.0661. The molecule has 0 saturated carbocycles. The first-order valence-corrected chi connectivity index (χ1v) is 6.27. The summed E-state index contributed by atoms with van der Waals surface area (Å²) in [6, 6.07) is 6.27. The summed E-state index contributed by atoms with van der Waals surface area (Å²) in [6.07, 6.45) is 0. The third kappa shape index (κ3) is 3.72. The van der Waals surface area contributed by atoms with Crippen LogP contribution < -0.4 is 10.5 Å². The van der Waals surface area contributed by atoms with E-state index in [1.165, 1.54) is 5.56 Å². The van der Waals surface area contributed by atoms with Gasteiger partial charge >= 0.3 is 0 Å². The Hall–Kier alpha value is -1.06. The average Bonchev–Trinajstić information content (AvgIpc) is 2.35. The number of methoxy groups -OCH3 is 1. The van der Waals surface area contributed by atoms with Crippen molar-refractivity contribution in [3.8, 4) is 5.75 Å². The van der Waals surface area contributed by atoms with Crippen molar-refractivity contribution in [1.82, 2.24) is 4.90 Å². The van der Waals surface area contributed by atoms with Crippen LogP contribution in [0.1, 0.15) is 37.9 Å². The van der Waals surface area contributed by atoms with Crippen LogP contribution in [0.4, 0.5) is 0 Å². The zero-order chi connectivity index (χ0) is 12.8. The van der Waals surface area contributed by atoms with E-state index in [9.17, 15) is 0 Å². The van der Waals surface area contributed by atoms with Gasteiger partial charge in [-0.15, -0.1) is 0 Å². The van der Waals surface area contributed by atoms with E-state index in [-0.39, 0.29) is 6.04 Å². The molecule has 0 aromatic heterocycles. The van der Waals surface area contributed by atoms with Gasteiger partial charge in [0.25, 0.3) is 0 Å². The highest BCUT2D eigenvalue weighted by molar-refractivity contribution is 5.38. The van der Waals surface area contributed by atoms with Crippen LogP contribution in [0.3, 0.4) is 0 Å². The summed E-state index contributed by atoms with van der Waals surface area (Å²) >= 11 is 0. The topological polar surface area (TPSA) is 38.5 Å². The fourth-order valence-electron chi connectivity index (χ4n) is 1.89. The van der Waals surface area contributed by atoms with Gasteiger partial charge in [-0.05, 0) is 37.7 Å². The molecular weight excluding hydrogens is 212 g/mol. The maximum Gasteiger partial charge on any atom is 0.123 e. The lowest BCUT2D eigenvalue weighted by atomic mass is 10.0. The van der Waals surface area contributed by atoms with E-state index in [1.807, 2.05) is 19.1 Å². The molecule has 2 N–H and O–H groups in total. The van der Waals surface area contributed by atoms with Crippen LogP contribution in [0.2, 0.25) is 0 Å². The molecule has 1 aromatic carbocycles. The molecule has 0 heterocycles. The molecule has 3 nitrogen and oxygen atoms in total. The fraction of sp³-hybridized carbons (Fsp3) is 0.571. The van der Waals surface area contributed by atoms with Crippen LogP contribution >= 0.6 is 0 Å². The lowest BCUT2D eigenvalue weighted by Crippen LogP contribution is -2.22. The van der Waals surface area contributed by atoms with Crippen LogP contribution in [0, 0.1) is 0 Å². The fourth-order valence-corrected chi connectivity index (χ4v) is 1.89. The molecule has 0 aliphatic heterocycles. The predicted octanol–water partition coefficient (Wildman–Crippen LogP) is 2.56. The van der Waals surface area contributed by atoms with Gasteiger partial charge in [-0.3, -0.25) is 4.90 Å². The van der Waals surface area contributed by atoms with Crippen molar-refractivity contribution >= 4 is 0 Å². The molecule has 0 aliphatic rings. The molecule has 96 valence electrons. The number of nitrogens with two attached hydrogens (primary N) is 1. The van der Waals surface area contributed by atoms with Crippen molar-refractivity contribution in [1.29, 1.82) is 0 Å². The van der Waals surface area contributed by atoms with Crippen LogP contribution in [0.15, 0.2) is 18.2 Å². The van der Waals surface area contributed by atoms with E-state index in [0.717, 1.165) is 30.9 Å². The van der Waals surface area contributed by atoms with E-state index >= 15 is 0 Å². The minimum absolute atomic E-state index is 0.0661. The molecule has 0 saturated heterocycles. The predicted molar refractivity (Wildman–Crippen MR) is 72.2 cm³/mol. The van der Waals surface area contributed by atoms with Crippen molar-refractivity contribution in [3.05, 3.63) is 29.3 Å². The van der Waals surface area contributed by atoms with Gasteiger partial charge in [0.1, 0.15) is 5.75 Å². The molecule has 0 aliphatic carbocycles. The Morgan fingerprint density at radius 2 is 1.94 bits per heavy atom. The number of ether oxygens (including phenoxy) is 1. The van der Waals surface area contributed by atoms with Gasteiger partial charge in [0.15, 0.2) is 0 Å². The van der Waals surface area contributed by atoms with Gasteiger partial charge in [-0.25, -0.2) is 0 Å². The SMILES string of the molecule is CCN(CC)Cc1cc([C@H](C)N)ccc1OC. The standard InChI is InChI=1S/C14H24N2O/c1-5-16(6-2)10-13-9-12(11(3)15)7-8-14(13)17-4/h7-9,11H,5-6,10,15H2,1-4H3/t11-/m0/s1. The van der Waals surface area contributed by atoms with Gasteiger partial charge in [-0.1, -0.05) is 19.9 Å². The molecule has 3 heteroatoms. The molecule has 0 amide bonds. The normalized spacial score (nSPS) is 12.8. The number of benzene rings is 1. The first-order chi connectivity index (χ1) is 8.12. The molecule has 0 spiro atoms. The smallest absolute Gasteiger partial charge is 0.123 e. The maximum atomic E-state index is 5.92. The third-order valence-electron chi connectivity index (χ3n) is 3.12. The highest BCUT2D eigenvalue weighted by Crippen LogP contribution is 2.23. The average molecular weight is 236 g/mol. The van der Waals surface area contributed by atoms with Gasteiger partial charge in [0, 0.05) is 18.2 Å². The monoisotopic (exact) mass is 236 g/mol. The van der Waals surface area contributed by atoms with Gasteiger partial charge in [0.05, 0.1) is 7.11 Å². The summed E-state index contributed by atoms with van der Waals surface area (Å²) in [5.74, 6) is 0.946. The third-order valence-corrected chi connectivity index (χ3v) is 3.12. The second-order valence-corrected chi connectivity index (χ2v) is 4.32. The first-order valence-electron chi connectivity index (χ1n) is 6.27. The molecule has 0 fully saturated rings. The summed E-state index contributed by atoms with van der Waals surface area (Å²) in [5.41, 5.74) is 8.29. The Kier molecular flexibility index (Phi) is 5.45. The van der Waals surface area contributed by atoms with Crippen LogP contribution in [0.5, 0.6) is 5.75 Å². The number of hydrogen-bond donors (Lipinski definition) is 1. The molecule has 0 unspecified atom stereocenters. The summed E-state index contributed by atoms with van der Waals surface area (Å²) in [6.45, 7) is 9.35. The Labute approximate surface area is 105 Å². The zero-order valence-corrected chi connectivity index (χ0v) is 11.4. The quantitative estimate of drug-likeness (QED) is 0.825. The Bertz CT molecular complexity index is 346. The highest BCUT2D eigenvalue weighted by Gasteiger charge is 2.09. The summed E-state index contributed by atoms with van der Waals surface area (Å²) in [7, 11) is 1.71. The molecule has 0 radical (unpaired) electrons. The van der Waals surface area contributed by atoms with Gasteiger partial charge in [-0.2, -0.15) is 0 Å². The molecule has 1 atom stereocenters. The summed E-state index contributed by atoms with van der Waals surface area (Å²) in [4.78, 5) is 2.36. The Balaban J connectivity index is 2.97. The summed E-state index contributed by atoms with van der Waals surface area (Å²) in [5, 5.41) is 0. The van der Waals surface area contributed by atoms with Crippen LogP contribution in [-0.2, 0) is 6.54 Å². The van der Waals surface area contributed by atoms with Crippen LogP contribution in [-0.4, -0.2) is 25.1 Å². The highest BCUT2D eigenvalue weighted by atomic mass is 16.5. The van der Waals surface area contributed by atoms with Crippen molar-refractivity contribution in [2.75, 3.05) is 20.2 Å². The van der Waals surface area contributed by atoms with Crippen LogP contribution in [0.25, 0.3) is 0 Å². The minimum Gasteiger partial charge on any atom is -0.496 e. The van der Waals surface area contributed by atoms with Crippen molar-refractivity contribution in [3.63, 3.8) is 0 Å².